The molecule has 0 aliphatic carbocycles. The summed E-state index contributed by atoms with van der Waals surface area (Å²) in [6, 6.07) is 0. The highest BCUT2D eigenvalue weighted by Crippen LogP contribution is 2.26. The molecule has 7 N–H and O–H groups in total. The maximum Gasteiger partial charge on any atom is 0.306 e. The van der Waals surface area contributed by atoms with Gasteiger partial charge in [0.05, 0.1) is 19.8 Å². The summed E-state index contributed by atoms with van der Waals surface area (Å²) in [6.45, 7) is 2.48. The van der Waals surface area contributed by atoms with Crippen molar-refractivity contribution in [2.75, 3.05) is 26.4 Å². The first-order valence-corrected chi connectivity index (χ1v) is 24.7. The lowest BCUT2D eigenvalue weighted by atomic mass is 9.98. The van der Waals surface area contributed by atoms with Gasteiger partial charge in [-0.15, -0.1) is 0 Å². The Balaban J connectivity index is 1.85. The molecule has 0 aromatic carbocycles. The van der Waals surface area contributed by atoms with Gasteiger partial charge in [0.15, 0.2) is 18.7 Å². The fourth-order valence-corrected chi connectivity index (χ4v) is 7.40. The van der Waals surface area contributed by atoms with E-state index < -0.39 is 99.3 Å². The molecule has 0 radical (unpaired) electrons. The summed E-state index contributed by atoms with van der Waals surface area (Å²) in [5, 5.41) is 71.9. The number of aliphatic hydroxyl groups excluding tert-OH is 7. The molecule has 2 fully saturated rings. The van der Waals surface area contributed by atoms with Crippen LogP contribution in [0.15, 0.2) is 48.6 Å². The normalized spacial score (nSPS) is 26.8. The molecule has 0 aromatic rings. The van der Waals surface area contributed by atoms with E-state index in [-0.39, 0.29) is 19.4 Å². The van der Waals surface area contributed by atoms with Gasteiger partial charge in [-0.3, -0.25) is 9.59 Å². The van der Waals surface area contributed by atoms with Crippen LogP contribution in [0.25, 0.3) is 0 Å². The van der Waals surface area contributed by atoms with Crippen molar-refractivity contribution in [3.63, 3.8) is 0 Å². The van der Waals surface area contributed by atoms with Crippen molar-refractivity contribution >= 4 is 11.9 Å². The van der Waals surface area contributed by atoms with Gasteiger partial charge in [0.25, 0.3) is 0 Å². The monoisotopic (exact) mass is 927 g/mol. The van der Waals surface area contributed by atoms with Gasteiger partial charge in [0.1, 0.15) is 55.4 Å². The minimum atomic E-state index is -1.77. The van der Waals surface area contributed by atoms with Crippen LogP contribution < -0.4 is 0 Å². The number of rotatable bonds is 37. The molecule has 65 heavy (non-hydrogen) atoms. The molecular formula is C50H86O15. The first-order valence-electron chi connectivity index (χ1n) is 24.7. The highest BCUT2D eigenvalue weighted by Gasteiger charge is 2.47. The smallest absolute Gasteiger partial charge is 0.306 e. The maximum absolute atomic E-state index is 12.9. The molecule has 0 aromatic heterocycles. The molecule has 15 nitrogen and oxygen atoms in total. The van der Waals surface area contributed by atoms with Crippen LogP contribution in [0.4, 0.5) is 0 Å². The van der Waals surface area contributed by atoms with E-state index in [1.165, 1.54) is 57.8 Å². The zero-order chi connectivity index (χ0) is 47.5. The molecule has 15 heteroatoms. The van der Waals surface area contributed by atoms with Crippen LogP contribution in [0.2, 0.25) is 0 Å². The van der Waals surface area contributed by atoms with Gasteiger partial charge in [-0.05, 0) is 70.6 Å². The van der Waals surface area contributed by atoms with E-state index in [9.17, 15) is 45.3 Å². The molecule has 2 aliphatic heterocycles. The summed E-state index contributed by atoms with van der Waals surface area (Å²) in [7, 11) is 0. The molecule has 4 unspecified atom stereocenters. The van der Waals surface area contributed by atoms with Gasteiger partial charge in [-0.25, -0.2) is 0 Å². The first-order chi connectivity index (χ1) is 31.5. The lowest BCUT2D eigenvalue weighted by Crippen LogP contribution is -2.61. The highest BCUT2D eigenvalue weighted by molar-refractivity contribution is 5.70. The number of esters is 2. The second-order valence-corrected chi connectivity index (χ2v) is 17.3. The fourth-order valence-electron chi connectivity index (χ4n) is 7.40. The predicted octanol–water partition coefficient (Wildman–Crippen LogP) is 6.32. The molecule has 2 saturated heterocycles. The number of carbonyl (C=O) groups is 2. The van der Waals surface area contributed by atoms with E-state index in [1.807, 2.05) is 6.08 Å². The van der Waals surface area contributed by atoms with Crippen LogP contribution in [0.3, 0.4) is 0 Å². The third-order valence-electron chi connectivity index (χ3n) is 11.5. The molecule has 11 atom stereocenters. The zero-order valence-corrected chi connectivity index (χ0v) is 39.5. The van der Waals surface area contributed by atoms with Crippen molar-refractivity contribution in [2.45, 2.75) is 229 Å². The molecular weight excluding hydrogens is 841 g/mol. The second-order valence-electron chi connectivity index (χ2n) is 17.3. The SMILES string of the molecule is CCCCC/C=C/CCCCCCCC(=O)O[C@@H](COC(=O)CCC/C=C/C/C=C/C/C=C/CCCCCCCC)CO[C@@H]1O[C@H](CO[C@@H]2O[C@H](CO)[C@H](O)C(O)C2O)[C@H](O)C(O)C1O. The third kappa shape index (κ3) is 26.0. The summed E-state index contributed by atoms with van der Waals surface area (Å²) in [4.78, 5) is 25.7. The van der Waals surface area contributed by atoms with E-state index in [0.717, 1.165) is 57.8 Å². The van der Waals surface area contributed by atoms with Crippen molar-refractivity contribution in [3.8, 4) is 0 Å². The van der Waals surface area contributed by atoms with Crippen molar-refractivity contribution < 1.29 is 73.8 Å². The van der Waals surface area contributed by atoms with Crippen LogP contribution in [0.5, 0.6) is 0 Å². The van der Waals surface area contributed by atoms with E-state index in [1.54, 1.807) is 0 Å². The number of carbonyl (C=O) groups excluding carboxylic acids is 2. The van der Waals surface area contributed by atoms with Crippen molar-refractivity contribution in [3.05, 3.63) is 48.6 Å². The van der Waals surface area contributed by atoms with Gasteiger partial charge in [-0.1, -0.05) is 127 Å². The van der Waals surface area contributed by atoms with Gasteiger partial charge in [0, 0.05) is 12.8 Å². The lowest BCUT2D eigenvalue weighted by molar-refractivity contribution is -0.332. The van der Waals surface area contributed by atoms with E-state index >= 15 is 0 Å². The van der Waals surface area contributed by atoms with E-state index in [0.29, 0.717) is 19.3 Å². The third-order valence-corrected chi connectivity index (χ3v) is 11.5. The molecule has 376 valence electrons. The maximum atomic E-state index is 12.9. The predicted molar refractivity (Wildman–Crippen MR) is 247 cm³/mol. The topological polar surface area (TPSA) is 231 Å². The summed E-state index contributed by atoms with van der Waals surface area (Å²) < 4.78 is 33.4. The highest BCUT2D eigenvalue weighted by atomic mass is 16.7. The van der Waals surface area contributed by atoms with Gasteiger partial charge < -0.3 is 64.2 Å². The summed E-state index contributed by atoms with van der Waals surface area (Å²) >= 11 is 0. The van der Waals surface area contributed by atoms with E-state index in [4.69, 9.17) is 28.4 Å². The van der Waals surface area contributed by atoms with Crippen LogP contribution in [-0.4, -0.2) is 142 Å². The minimum Gasteiger partial charge on any atom is -0.462 e. The van der Waals surface area contributed by atoms with Crippen LogP contribution in [0.1, 0.15) is 162 Å². The van der Waals surface area contributed by atoms with Crippen molar-refractivity contribution in [2.24, 2.45) is 0 Å². The molecule has 0 spiro atoms. The summed E-state index contributed by atoms with van der Waals surface area (Å²) in [5.74, 6) is -1.000. The Morgan fingerprint density at radius 1 is 0.492 bits per heavy atom. The zero-order valence-electron chi connectivity index (χ0n) is 39.5. The quantitative estimate of drug-likeness (QED) is 0.0205. The number of allylic oxidation sites excluding steroid dienone is 8. The average molecular weight is 927 g/mol. The van der Waals surface area contributed by atoms with Gasteiger partial charge >= 0.3 is 11.9 Å². The summed E-state index contributed by atoms with van der Waals surface area (Å²) in [5.41, 5.74) is 0. The van der Waals surface area contributed by atoms with Crippen LogP contribution in [0, 0.1) is 0 Å². The molecule has 0 saturated carbocycles. The Morgan fingerprint density at radius 3 is 1.54 bits per heavy atom. The molecule has 0 amide bonds. The largest absolute Gasteiger partial charge is 0.462 e. The lowest BCUT2D eigenvalue weighted by Gasteiger charge is -2.42. The number of hydrogen-bond donors (Lipinski definition) is 7. The number of ether oxygens (including phenoxy) is 6. The van der Waals surface area contributed by atoms with Gasteiger partial charge in [-0.2, -0.15) is 0 Å². The summed E-state index contributed by atoms with van der Waals surface area (Å²) in [6.07, 6.45) is 23.0. The van der Waals surface area contributed by atoms with Crippen molar-refractivity contribution in [1.29, 1.82) is 0 Å². The second kappa shape index (κ2) is 37.4. The fraction of sp³-hybridized carbons (Fsp3) is 0.800. The number of unbranched alkanes of at least 4 members (excludes halogenated alkanes) is 15. The van der Waals surface area contributed by atoms with Crippen LogP contribution in [-0.2, 0) is 38.0 Å². The Morgan fingerprint density at radius 2 is 0.938 bits per heavy atom. The first kappa shape index (κ1) is 58.6. The van der Waals surface area contributed by atoms with Crippen LogP contribution >= 0.6 is 0 Å². The number of hydrogen-bond acceptors (Lipinski definition) is 15. The number of aliphatic hydroxyl groups is 7. The Hall–Kier alpha value is -2.54. The Labute approximate surface area is 388 Å². The van der Waals surface area contributed by atoms with Crippen molar-refractivity contribution in [1.82, 2.24) is 0 Å². The average Bonchev–Trinajstić information content (AvgIpc) is 3.30. The Kier molecular flexibility index (Phi) is 33.7. The molecule has 2 aliphatic rings. The minimum absolute atomic E-state index is 0.143. The standard InChI is InChI=1S/C50H86O15/c1-3-5-7-9-11-13-15-17-18-19-20-21-23-24-26-28-30-32-41(52)60-35-38(63-42(53)33-31-29-27-25-22-16-14-12-10-8-6-4-2)36-61-49-48(59)46(57)44(55)40(65-49)37-62-50-47(58)45(56)43(54)39(34-51)64-50/h12,14,17-18,20-21,24,26,38-40,43-51,54-59H,3-11,13,15-16,19,22-23,25,27-37H2,1-2H3/b14-12+,18-17+,21-20+,26-24+/t38-,39+,40+,43-,44-,45?,46?,47?,48?,49+,50+/m0/s1. The molecule has 2 rings (SSSR count). The van der Waals surface area contributed by atoms with E-state index in [2.05, 4.69) is 56.4 Å². The molecule has 2 heterocycles. The molecule has 0 bridgehead atoms. The Bertz CT molecular complexity index is 1320. The van der Waals surface area contributed by atoms with Gasteiger partial charge in [0.2, 0.25) is 0 Å².